The zero-order valence-corrected chi connectivity index (χ0v) is 16.4. The van der Waals surface area contributed by atoms with Gasteiger partial charge in [0.15, 0.2) is 0 Å². The molecule has 0 heterocycles. The van der Waals surface area contributed by atoms with Gasteiger partial charge >= 0.3 is 13.6 Å². The average molecular weight is 385 g/mol. The lowest BCUT2D eigenvalue weighted by atomic mass is 10.00. The summed E-state index contributed by atoms with van der Waals surface area (Å²) in [4.78, 5) is 23.6. The summed E-state index contributed by atoms with van der Waals surface area (Å²) in [5.41, 5.74) is 0.915. The number of nitrogens with one attached hydrogen (secondary N) is 1. The van der Waals surface area contributed by atoms with Crippen LogP contribution in [0.25, 0.3) is 0 Å². The number of aliphatic carboxylic acids is 1. The molecule has 26 heavy (non-hydrogen) atoms. The van der Waals surface area contributed by atoms with E-state index < -0.39 is 25.4 Å². The van der Waals surface area contributed by atoms with Gasteiger partial charge in [0.05, 0.1) is 31.2 Å². The summed E-state index contributed by atoms with van der Waals surface area (Å²) in [7, 11) is -3.41. The number of benzene rings is 1. The van der Waals surface area contributed by atoms with Crippen molar-refractivity contribution in [1.29, 1.82) is 0 Å². The molecule has 0 spiro atoms. The Bertz CT molecular complexity index is 611. The minimum atomic E-state index is -3.41. The Morgan fingerprint density at radius 2 is 1.73 bits per heavy atom. The molecule has 0 aromatic heterocycles. The molecule has 0 saturated carbocycles. The molecule has 0 bridgehead atoms. The third-order valence-electron chi connectivity index (χ3n) is 3.80. The lowest BCUT2D eigenvalue weighted by Gasteiger charge is -2.23. The van der Waals surface area contributed by atoms with Crippen LogP contribution in [-0.2, 0) is 29.6 Å². The number of carbonyl (C=O) groups is 2. The van der Waals surface area contributed by atoms with Crippen LogP contribution in [0.5, 0.6) is 0 Å². The predicted molar refractivity (Wildman–Crippen MR) is 99.2 cm³/mol. The third-order valence-corrected chi connectivity index (χ3v) is 5.99. The molecular weight excluding hydrogens is 357 g/mol. The van der Waals surface area contributed by atoms with Crippen molar-refractivity contribution in [2.24, 2.45) is 11.8 Å². The van der Waals surface area contributed by atoms with E-state index in [1.807, 2.05) is 30.3 Å². The Morgan fingerprint density at radius 3 is 2.23 bits per heavy atom. The van der Waals surface area contributed by atoms with Gasteiger partial charge in [0.1, 0.15) is 0 Å². The molecule has 2 N–H and O–H groups in total. The predicted octanol–water partition coefficient (Wildman–Crippen LogP) is 2.95. The van der Waals surface area contributed by atoms with Crippen LogP contribution >= 0.6 is 7.60 Å². The molecule has 8 heteroatoms. The number of hydrogen-bond donors (Lipinski definition) is 2. The van der Waals surface area contributed by atoms with Gasteiger partial charge in [-0.05, 0) is 25.8 Å². The molecular formula is C18H28NO6P. The Morgan fingerprint density at radius 1 is 1.15 bits per heavy atom. The number of amides is 1. The van der Waals surface area contributed by atoms with Crippen LogP contribution in [0.2, 0.25) is 0 Å². The molecule has 0 aliphatic carbocycles. The maximum Gasteiger partial charge on any atom is 0.331 e. The van der Waals surface area contributed by atoms with E-state index in [0.29, 0.717) is 6.42 Å². The molecule has 1 aromatic carbocycles. The molecule has 0 aliphatic rings. The number of hydrogen-bond acceptors (Lipinski definition) is 5. The van der Waals surface area contributed by atoms with Crippen molar-refractivity contribution in [3.63, 3.8) is 0 Å². The first-order valence-corrected chi connectivity index (χ1v) is 10.5. The minimum Gasteiger partial charge on any atom is -0.481 e. The number of carbonyl (C=O) groups excluding carboxylic acids is 1. The van der Waals surface area contributed by atoms with Gasteiger partial charge < -0.3 is 19.5 Å². The highest BCUT2D eigenvalue weighted by molar-refractivity contribution is 7.53. The van der Waals surface area contributed by atoms with Gasteiger partial charge in [-0.2, -0.15) is 0 Å². The second kappa shape index (κ2) is 11.1. The molecule has 1 rings (SSSR count). The van der Waals surface area contributed by atoms with E-state index in [2.05, 4.69) is 5.32 Å². The second-order valence-corrected chi connectivity index (χ2v) is 8.10. The van der Waals surface area contributed by atoms with Crippen molar-refractivity contribution in [2.45, 2.75) is 27.2 Å². The van der Waals surface area contributed by atoms with Crippen LogP contribution in [0.3, 0.4) is 0 Å². The molecule has 1 amide bonds. The van der Waals surface area contributed by atoms with Crippen molar-refractivity contribution in [3.05, 3.63) is 35.9 Å². The van der Waals surface area contributed by atoms with Crippen molar-refractivity contribution in [2.75, 3.05) is 25.9 Å². The molecule has 0 saturated heterocycles. The third kappa shape index (κ3) is 7.68. The fourth-order valence-electron chi connectivity index (χ4n) is 2.43. The van der Waals surface area contributed by atoms with E-state index in [1.165, 1.54) is 6.92 Å². The SMILES string of the molecule is CCOP(=O)(C[C@@H](Cc1ccccc1)C(=O)NC[C@@H](C)C(=O)O)OCC. The largest absolute Gasteiger partial charge is 0.481 e. The first-order chi connectivity index (χ1) is 12.3. The Kier molecular flexibility index (Phi) is 9.55. The van der Waals surface area contributed by atoms with Gasteiger partial charge in [-0.15, -0.1) is 0 Å². The Hall–Kier alpha value is -1.69. The summed E-state index contributed by atoms with van der Waals surface area (Å²) in [6, 6.07) is 9.36. The van der Waals surface area contributed by atoms with Crippen molar-refractivity contribution < 1.29 is 28.3 Å². The van der Waals surface area contributed by atoms with E-state index in [4.69, 9.17) is 14.2 Å². The average Bonchev–Trinajstić information content (AvgIpc) is 2.60. The van der Waals surface area contributed by atoms with E-state index in [9.17, 15) is 14.2 Å². The van der Waals surface area contributed by atoms with Gasteiger partial charge in [-0.3, -0.25) is 14.2 Å². The first kappa shape index (κ1) is 22.4. The molecule has 0 fully saturated rings. The van der Waals surface area contributed by atoms with E-state index in [1.54, 1.807) is 13.8 Å². The minimum absolute atomic E-state index is 0.00697. The van der Waals surface area contributed by atoms with Crippen LogP contribution in [-0.4, -0.2) is 42.9 Å². The van der Waals surface area contributed by atoms with Crippen molar-refractivity contribution in [1.82, 2.24) is 5.32 Å². The maximum absolute atomic E-state index is 12.8. The van der Waals surface area contributed by atoms with Crippen molar-refractivity contribution in [3.8, 4) is 0 Å². The van der Waals surface area contributed by atoms with Gasteiger partial charge in [0.2, 0.25) is 5.91 Å². The molecule has 2 atom stereocenters. The second-order valence-electron chi connectivity index (χ2n) is 6.00. The normalized spacial score (nSPS) is 13.8. The quantitative estimate of drug-likeness (QED) is 0.537. The summed E-state index contributed by atoms with van der Waals surface area (Å²) in [6.07, 6.45) is 0.301. The molecule has 0 unspecified atom stereocenters. The lowest BCUT2D eigenvalue weighted by molar-refractivity contribution is -0.141. The number of carboxylic acid groups (broad SMARTS) is 1. The summed E-state index contributed by atoms with van der Waals surface area (Å²) in [6.45, 7) is 5.38. The fourth-order valence-corrected chi connectivity index (χ4v) is 4.34. The highest BCUT2D eigenvalue weighted by Gasteiger charge is 2.32. The summed E-state index contributed by atoms with van der Waals surface area (Å²) in [5, 5.41) is 11.6. The van der Waals surface area contributed by atoms with Crippen LogP contribution in [0.15, 0.2) is 30.3 Å². The van der Waals surface area contributed by atoms with Crippen LogP contribution in [0, 0.1) is 11.8 Å². The fraction of sp³-hybridized carbons (Fsp3) is 0.556. The highest BCUT2D eigenvalue weighted by Crippen LogP contribution is 2.50. The van der Waals surface area contributed by atoms with Crippen LogP contribution in [0.4, 0.5) is 0 Å². The summed E-state index contributed by atoms with van der Waals surface area (Å²) >= 11 is 0. The zero-order valence-electron chi connectivity index (χ0n) is 15.5. The van der Waals surface area contributed by atoms with E-state index in [-0.39, 0.29) is 31.8 Å². The van der Waals surface area contributed by atoms with E-state index in [0.717, 1.165) is 5.56 Å². The summed E-state index contributed by atoms with van der Waals surface area (Å²) in [5.74, 6) is -2.70. The van der Waals surface area contributed by atoms with Crippen LogP contribution < -0.4 is 5.32 Å². The van der Waals surface area contributed by atoms with Crippen molar-refractivity contribution >= 4 is 19.5 Å². The number of rotatable bonds is 12. The maximum atomic E-state index is 12.8. The van der Waals surface area contributed by atoms with Gasteiger partial charge in [0, 0.05) is 6.54 Å². The monoisotopic (exact) mass is 385 g/mol. The lowest BCUT2D eigenvalue weighted by Crippen LogP contribution is -2.38. The smallest absolute Gasteiger partial charge is 0.331 e. The molecule has 1 aromatic rings. The highest BCUT2D eigenvalue weighted by atomic mass is 31.2. The zero-order chi connectivity index (χ0) is 19.6. The first-order valence-electron chi connectivity index (χ1n) is 8.73. The van der Waals surface area contributed by atoms with Crippen LogP contribution in [0.1, 0.15) is 26.3 Å². The standard InChI is InChI=1S/C18H28NO6P/c1-4-24-26(23,25-5-2)13-16(11-15-9-7-6-8-10-15)17(20)19-12-14(3)18(21)22/h6-10,14,16H,4-5,11-13H2,1-3H3,(H,19,20)(H,21,22)/t14-,16-/m1/s1. The van der Waals surface area contributed by atoms with E-state index >= 15 is 0 Å². The topological polar surface area (TPSA) is 102 Å². The van der Waals surface area contributed by atoms with Gasteiger partial charge in [0.25, 0.3) is 0 Å². The molecule has 0 radical (unpaired) electrons. The number of carboxylic acids is 1. The van der Waals surface area contributed by atoms with Gasteiger partial charge in [-0.1, -0.05) is 37.3 Å². The Balaban J connectivity index is 2.91. The molecule has 0 aliphatic heterocycles. The Labute approximate surface area is 154 Å². The molecule has 7 nitrogen and oxygen atoms in total. The van der Waals surface area contributed by atoms with Gasteiger partial charge in [-0.25, -0.2) is 0 Å². The molecule has 146 valence electrons. The summed E-state index contributed by atoms with van der Waals surface area (Å²) < 4.78 is 23.5.